The van der Waals surface area contributed by atoms with Gasteiger partial charge in [0.2, 0.25) is 5.28 Å². The van der Waals surface area contributed by atoms with Crippen LogP contribution < -0.4 is 5.32 Å². The van der Waals surface area contributed by atoms with Gasteiger partial charge in [-0.15, -0.1) is 0 Å². The molecule has 0 radical (unpaired) electrons. The first-order valence-corrected chi connectivity index (χ1v) is 5.68. The number of nitrogens with one attached hydrogen (secondary N) is 1. The Morgan fingerprint density at radius 3 is 3.12 bits per heavy atom. The molecule has 1 fully saturated rings. The number of para-hydroxylation sites is 1. The summed E-state index contributed by atoms with van der Waals surface area (Å²) in [6.07, 6.45) is 0.958. The van der Waals surface area contributed by atoms with Crippen molar-refractivity contribution in [2.24, 2.45) is 0 Å². The molecule has 3 rings (SSSR count). The molecule has 1 atom stereocenters. The zero-order valence-electron chi connectivity index (χ0n) is 8.58. The van der Waals surface area contributed by atoms with E-state index in [0.717, 1.165) is 19.5 Å². The highest BCUT2D eigenvalue weighted by molar-refractivity contribution is 6.29. The molecule has 1 saturated heterocycles. The lowest BCUT2D eigenvalue weighted by Gasteiger charge is -2.13. The summed E-state index contributed by atoms with van der Waals surface area (Å²) in [5, 5.41) is 3.61. The Balaban J connectivity index is 2.25. The van der Waals surface area contributed by atoms with Gasteiger partial charge in [0.25, 0.3) is 0 Å². The number of nitrogens with zero attached hydrogens (tertiary/aromatic N) is 2. The van der Waals surface area contributed by atoms with E-state index in [4.69, 9.17) is 11.6 Å². The quantitative estimate of drug-likeness (QED) is 0.828. The number of fused-ring (bicyclic) bond motifs is 1. The lowest BCUT2D eigenvalue weighted by molar-refractivity contribution is 0.547. The van der Waals surface area contributed by atoms with Crippen molar-refractivity contribution in [3.63, 3.8) is 0 Å². The predicted molar refractivity (Wildman–Crippen MR) is 61.2 cm³/mol. The number of hydrogen-bond donors (Lipinski definition) is 1. The first kappa shape index (κ1) is 10.1. The summed E-state index contributed by atoms with van der Waals surface area (Å²) in [5.74, 6) is -0.260. The monoisotopic (exact) mass is 239 g/mol. The van der Waals surface area contributed by atoms with Crippen LogP contribution in [0.15, 0.2) is 18.2 Å². The fraction of sp³-hybridized carbons (Fsp3) is 0.364. The molecule has 1 aromatic carbocycles. The molecule has 0 aliphatic carbocycles. The van der Waals surface area contributed by atoms with Crippen molar-refractivity contribution in [1.82, 2.24) is 14.9 Å². The van der Waals surface area contributed by atoms with E-state index in [1.54, 1.807) is 16.7 Å². The number of benzene rings is 1. The van der Waals surface area contributed by atoms with Crippen molar-refractivity contribution in [3.8, 4) is 0 Å². The second kappa shape index (κ2) is 3.71. The van der Waals surface area contributed by atoms with E-state index < -0.39 is 0 Å². The smallest absolute Gasteiger partial charge is 0.204 e. The first-order chi connectivity index (χ1) is 7.77. The number of halogens is 2. The maximum Gasteiger partial charge on any atom is 0.204 e. The molecule has 3 nitrogen and oxygen atoms in total. The lowest BCUT2D eigenvalue weighted by Crippen LogP contribution is -2.13. The molecule has 2 heterocycles. The third-order valence-corrected chi connectivity index (χ3v) is 3.28. The first-order valence-electron chi connectivity index (χ1n) is 5.30. The Kier molecular flexibility index (Phi) is 2.33. The van der Waals surface area contributed by atoms with Gasteiger partial charge in [0.05, 0.1) is 11.6 Å². The number of hydrogen-bond acceptors (Lipinski definition) is 2. The fourth-order valence-electron chi connectivity index (χ4n) is 2.27. The highest BCUT2D eigenvalue weighted by atomic mass is 35.5. The Hall–Kier alpha value is -1.13. The topological polar surface area (TPSA) is 29.9 Å². The minimum Gasteiger partial charge on any atom is -0.315 e. The van der Waals surface area contributed by atoms with E-state index in [1.807, 2.05) is 0 Å². The molecule has 1 aromatic heterocycles. The molecule has 0 bridgehead atoms. The molecule has 84 valence electrons. The molecule has 0 spiro atoms. The SMILES string of the molecule is Fc1cccc2nc(Cl)n(C3CCNC3)c12. The molecular formula is C11H11ClFN3. The van der Waals surface area contributed by atoms with Gasteiger partial charge in [-0.05, 0) is 36.7 Å². The summed E-state index contributed by atoms with van der Waals surface area (Å²) >= 11 is 6.08. The highest BCUT2D eigenvalue weighted by Crippen LogP contribution is 2.28. The van der Waals surface area contributed by atoms with E-state index in [-0.39, 0.29) is 11.9 Å². The van der Waals surface area contributed by atoms with Gasteiger partial charge >= 0.3 is 0 Å². The zero-order chi connectivity index (χ0) is 11.1. The van der Waals surface area contributed by atoms with Gasteiger partial charge in [0.15, 0.2) is 0 Å². The van der Waals surface area contributed by atoms with E-state index in [2.05, 4.69) is 10.3 Å². The van der Waals surface area contributed by atoms with E-state index in [1.165, 1.54) is 6.07 Å². The summed E-state index contributed by atoms with van der Waals surface area (Å²) < 4.78 is 15.6. The molecule has 2 aromatic rings. The maximum atomic E-state index is 13.8. The lowest BCUT2D eigenvalue weighted by atomic mass is 10.2. The minimum absolute atomic E-state index is 0.203. The van der Waals surface area contributed by atoms with Crippen LogP contribution in [-0.4, -0.2) is 22.6 Å². The van der Waals surface area contributed by atoms with Crippen LogP contribution in [0, 0.1) is 5.82 Å². The molecule has 1 unspecified atom stereocenters. The predicted octanol–water partition coefficient (Wildman–Crippen LogP) is 2.36. The summed E-state index contributed by atoms with van der Waals surface area (Å²) in [6, 6.07) is 5.08. The van der Waals surface area contributed by atoms with Gasteiger partial charge in [0, 0.05) is 6.54 Å². The van der Waals surface area contributed by atoms with Crippen molar-refractivity contribution in [2.45, 2.75) is 12.5 Å². The molecule has 1 aliphatic rings. The van der Waals surface area contributed by atoms with Crippen LogP contribution in [0.5, 0.6) is 0 Å². The summed E-state index contributed by atoms with van der Waals surface area (Å²) in [6.45, 7) is 1.76. The van der Waals surface area contributed by atoms with Gasteiger partial charge in [-0.1, -0.05) is 6.07 Å². The molecular weight excluding hydrogens is 229 g/mol. The van der Waals surface area contributed by atoms with E-state index >= 15 is 0 Å². The van der Waals surface area contributed by atoms with Crippen molar-refractivity contribution in [1.29, 1.82) is 0 Å². The summed E-state index contributed by atoms with van der Waals surface area (Å²) in [5.41, 5.74) is 1.14. The highest BCUT2D eigenvalue weighted by Gasteiger charge is 2.23. The number of aromatic nitrogens is 2. The molecule has 1 aliphatic heterocycles. The number of rotatable bonds is 1. The minimum atomic E-state index is -0.260. The van der Waals surface area contributed by atoms with Gasteiger partial charge in [-0.2, -0.15) is 0 Å². The zero-order valence-corrected chi connectivity index (χ0v) is 9.34. The van der Waals surface area contributed by atoms with Crippen LogP contribution in [0.2, 0.25) is 5.28 Å². The maximum absolute atomic E-state index is 13.8. The third kappa shape index (κ3) is 1.41. The molecule has 16 heavy (non-hydrogen) atoms. The molecule has 5 heteroatoms. The number of imidazole rings is 1. The second-order valence-electron chi connectivity index (χ2n) is 4.01. The van der Waals surface area contributed by atoms with E-state index in [9.17, 15) is 4.39 Å². The third-order valence-electron chi connectivity index (χ3n) is 3.02. The van der Waals surface area contributed by atoms with Crippen molar-refractivity contribution >= 4 is 22.6 Å². The molecule has 1 N–H and O–H groups in total. The van der Waals surface area contributed by atoms with Crippen LogP contribution >= 0.6 is 11.6 Å². The van der Waals surface area contributed by atoms with Crippen molar-refractivity contribution < 1.29 is 4.39 Å². The average molecular weight is 240 g/mol. The van der Waals surface area contributed by atoms with Gasteiger partial charge in [-0.25, -0.2) is 9.37 Å². The Morgan fingerprint density at radius 2 is 2.38 bits per heavy atom. The van der Waals surface area contributed by atoms with Crippen LogP contribution in [0.4, 0.5) is 4.39 Å². The van der Waals surface area contributed by atoms with Gasteiger partial charge in [-0.3, -0.25) is 0 Å². The van der Waals surface area contributed by atoms with Gasteiger partial charge < -0.3 is 9.88 Å². The normalized spacial score (nSPS) is 20.8. The average Bonchev–Trinajstić information content (AvgIpc) is 2.84. The molecule has 0 saturated carbocycles. The Morgan fingerprint density at radius 1 is 1.50 bits per heavy atom. The van der Waals surface area contributed by atoms with Crippen LogP contribution in [-0.2, 0) is 0 Å². The van der Waals surface area contributed by atoms with Crippen molar-refractivity contribution in [2.75, 3.05) is 13.1 Å². The van der Waals surface area contributed by atoms with E-state index in [0.29, 0.717) is 16.3 Å². The second-order valence-corrected chi connectivity index (χ2v) is 4.34. The summed E-state index contributed by atoms with van der Waals surface area (Å²) in [4.78, 5) is 4.18. The largest absolute Gasteiger partial charge is 0.315 e. The molecule has 0 amide bonds. The van der Waals surface area contributed by atoms with Crippen LogP contribution in [0.1, 0.15) is 12.5 Å². The summed E-state index contributed by atoms with van der Waals surface area (Å²) in [7, 11) is 0. The van der Waals surface area contributed by atoms with Crippen molar-refractivity contribution in [3.05, 3.63) is 29.3 Å². The van der Waals surface area contributed by atoms with Crippen LogP contribution in [0.25, 0.3) is 11.0 Å². The van der Waals surface area contributed by atoms with Crippen LogP contribution in [0.3, 0.4) is 0 Å². The Labute approximate surface area is 97.2 Å². The van der Waals surface area contributed by atoms with Gasteiger partial charge in [0.1, 0.15) is 11.3 Å². The standard InChI is InChI=1S/C11H11ClFN3/c12-11-15-9-3-1-2-8(13)10(9)16(11)7-4-5-14-6-7/h1-3,7,14H,4-6H2. The fourth-order valence-corrected chi connectivity index (χ4v) is 2.58. The Bertz CT molecular complexity index is 531.